The van der Waals surface area contributed by atoms with Crippen molar-refractivity contribution >= 4 is 23.6 Å². The smallest absolute Gasteiger partial charge is 0.317 e. The summed E-state index contributed by atoms with van der Waals surface area (Å²) in [6, 6.07) is 0.572. The number of rotatable bonds is 9. The minimum Gasteiger partial charge on any atom is -0.480 e. The molecule has 2 aliphatic carbocycles. The highest BCUT2D eigenvalue weighted by Crippen LogP contribution is 2.33. The Labute approximate surface area is 124 Å². The number of hydrogen-bond donors (Lipinski definition) is 2. The van der Waals surface area contributed by atoms with E-state index in [1.54, 1.807) is 11.8 Å². The maximum atomic E-state index is 11.6. The first-order valence-corrected chi connectivity index (χ1v) is 8.72. The van der Waals surface area contributed by atoms with Gasteiger partial charge in [-0.15, -0.1) is 0 Å². The van der Waals surface area contributed by atoms with Crippen LogP contribution in [0.3, 0.4) is 0 Å². The fourth-order valence-corrected chi connectivity index (χ4v) is 3.04. The van der Waals surface area contributed by atoms with Gasteiger partial charge in [0.25, 0.3) is 0 Å². The number of carboxylic acid groups (broad SMARTS) is 1. The predicted molar refractivity (Wildman–Crippen MR) is 79.9 cm³/mol. The summed E-state index contributed by atoms with van der Waals surface area (Å²) in [7, 11) is 0. The molecule has 0 spiro atoms. The van der Waals surface area contributed by atoms with Crippen LogP contribution >= 0.6 is 11.8 Å². The van der Waals surface area contributed by atoms with Gasteiger partial charge >= 0.3 is 5.97 Å². The van der Waals surface area contributed by atoms with Crippen molar-refractivity contribution in [3.05, 3.63) is 0 Å². The fraction of sp³-hybridized carbons (Fsp3) is 0.857. The molecule has 0 aromatic carbocycles. The molecule has 1 amide bonds. The molecule has 0 atom stereocenters. The Morgan fingerprint density at radius 1 is 1.35 bits per heavy atom. The number of thioether (sulfide) groups is 1. The third kappa shape index (κ3) is 4.98. The van der Waals surface area contributed by atoms with E-state index in [4.69, 9.17) is 5.11 Å². The predicted octanol–water partition coefficient (Wildman–Crippen LogP) is 1.18. The zero-order valence-corrected chi connectivity index (χ0v) is 12.8. The molecule has 0 heterocycles. The second-order valence-electron chi connectivity index (χ2n) is 5.90. The quantitative estimate of drug-likeness (QED) is 0.669. The summed E-state index contributed by atoms with van der Waals surface area (Å²) in [6.45, 7) is 1.04. The molecule has 2 aliphatic rings. The molecule has 6 heteroatoms. The molecule has 2 rings (SSSR count). The van der Waals surface area contributed by atoms with E-state index in [0.29, 0.717) is 18.4 Å². The summed E-state index contributed by atoms with van der Waals surface area (Å²) >= 11 is 1.67. The van der Waals surface area contributed by atoms with Crippen LogP contribution in [-0.2, 0) is 9.59 Å². The Hall–Kier alpha value is -0.750. The zero-order valence-electron chi connectivity index (χ0n) is 12.0. The highest BCUT2D eigenvalue weighted by molar-refractivity contribution is 7.98. The van der Waals surface area contributed by atoms with Crippen molar-refractivity contribution in [2.45, 2.75) is 44.2 Å². The molecule has 20 heavy (non-hydrogen) atoms. The van der Waals surface area contributed by atoms with E-state index in [1.807, 2.05) is 6.26 Å². The van der Waals surface area contributed by atoms with E-state index < -0.39 is 5.97 Å². The lowest BCUT2D eigenvalue weighted by Crippen LogP contribution is -2.55. The molecule has 0 aromatic heterocycles. The molecule has 2 N–H and O–H groups in total. The third-order valence-electron chi connectivity index (χ3n) is 4.06. The summed E-state index contributed by atoms with van der Waals surface area (Å²) < 4.78 is 0. The lowest BCUT2D eigenvalue weighted by atomic mass is 9.85. The molecule has 2 fully saturated rings. The molecule has 5 nitrogen and oxygen atoms in total. The number of carbonyl (C=O) groups excluding carboxylic acids is 1. The first kappa shape index (κ1) is 15.6. The second-order valence-corrected chi connectivity index (χ2v) is 6.88. The van der Waals surface area contributed by atoms with E-state index >= 15 is 0 Å². The van der Waals surface area contributed by atoms with Crippen LogP contribution in [-0.4, -0.2) is 59.1 Å². The number of nitrogens with one attached hydrogen (secondary N) is 1. The van der Waals surface area contributed by atoms with Crippen molar-refractivity contribution in [2.24, 2.45) is 5.92 Å². The van der Waals surface area contributed by atoms with Crippen LogP contribution in [0.15, 0.2) is 0 Å². The molecular formula is C14H24N2O3S. The van der Waals surface area contributed by atoms with Crippen LogP contribution in [0.5, 0.6) is 0 Å². The third-order valence-corrected chi connectivity index (χ3v) is 4.67. The average molecular weight is 300 g/mol. The Balaban J connectivity index is 1.69. The van der Waals surface area contributed by atoms with Crippen molar-refractivity contribution in [3.8, 4) is 0 Å². The summed E-state index contributed by atoms with van der Waals surface area (Å²) in [5, 5.41) is 12.0. The van der Waals surface area contributed by atoms with Gasteiger partial charge < -0.3 is 10.4 Å². The van der Waals surface area contributed by atoms with E-state index in [0.717, 1.165) is 25.1 Å². The number of aliphatic carboxylic acids is 1. The summed E-state index contributed by atoms with van der Waals surface area (Å²) in [6.07, 6.45) is 6.82. The standard InChI is InChI=1S/C14H24N2O3S/c1-20-5-4-13(17)15-11-6-12(7-11)16(9-14(18)19)8-10-2-3-10/h10-12H,2-9H2,1H3,(H,15,17)(H,18,19). The minimum atomic E-state index is -0.752. The molecule has 0 aromatic rings. The van der Waals surface area contributed by atoms with Gasteiger partial charge in [0.15, 0.2) is 0 Å². The Morgan fingerprint density at radius 3 is 2.60 bits per heavy atom. The SMILES string of the molecule is CSCCC(=O)NC1CC(N(CC(=O)O)CC2CC2)C1. The van der Waals surface area contributed by atoms with Gasteiger partial charge in [-0.25, -0.2) is 0 Å². The summed E-state index contributed by atoms with van der Waals surface area (Å²) in [5.41, 5.74) is 0. The number of amides is 1. The molecule has 0 aliphatic heterocycles. The Morgan fingerprint density at radius 2 is 2.05 bits per heavy atom. The van der Waals surface area contributed by atoms with E-state index in [2.05, 4.69) is 10.2 Å². The minimum absolute atomic E-state index is 0.120. The van der Waals surface area contributed by atoms with Crippen LogP contribution in [0, 0.1) is 5.92 Å². The van der Waals surface area contributed by atoms with Crippen molar-refractivity contribution in [2.75, 3.05) is 25.1 Å². The molecule has 114 valence electrons. The number of carbonyl (C=O) groups is 2. The lowest BCUT2D eigenvalue weighted by molar-refractivity contribution is -0.140. The number of carboxylic acids is 1. The van der Waals surface area contributed by atoms with Gasteiger partial charge in [0.1, 0.15) is 0 Å². The molecule has 0 bridgehead atoms. The van der Waals surface area contributed by atoms with Gasteiger partial charge in [0, 0.05) is 30.8 Å². The van der Waals surface area contributed by atoms with Crippen LogP contribution in [0.4, 0.5) is 0 Å². The number of hydrogen-bond acceptors (Lipinski definition) is 4. The monoisotopic (exact) mass is 300 g/mol. The average Bonchev–Trinajstić information content (AvgIpc) is 3.13. The molecule has 0 saturated heterocycles. The van der Waals surface area contributed by atoms with Crippen LogP contribution < -0.4 is 5.32 Å². The Bertz CT molecular complexity index is 354. The topological polar surface area (TPSA) is 69.6 Å². The van der Waals surface area contributed by atoms with Gasteiger partial charge in [-0.3, -0.25) is 14.5 Å². The van der Waals surface area contributed by atoms with Crippen molar-refractivity contribution < 1.29 is 14.7 Å². The van der Waals surface area contributed by atoms with E-state index in [1.165, 1.54) is 12.8 Å². The van der Waals surface area contributed by atoms with Gasteiger partial charge in [-0.2, -0.15) is 11.8 Å². The first-order chi connectivity index (χ1) is 9.58. The van der Waals surface area contributed by atoms with Gasteiger partial charge in [-0.1, -0.05) is 0 Å². The zero-order chi connectivity index (χ0) is 14.5. The van der Waals surface area contributed by atoms with Crippen LogP contribution in [0.2, 0.25) is 0 Å². The molecule has 2 saturated carbocycles. The maximum Gasteiger partial charge on any atom is 0.317 e. The summed E-state index contributed by atoms with van der Waals surface area (Å²) in [4.78, 5) is 24.6. The molecule has 0 unspecified atom stereocenters. The largest absolute Gasteiger partial charge is 0.480 e. The highest BCUT2D eigenvalue weighted by Gasteiger charge is 2.37. The molecular weight excluding hydrogens is 276 g/mol. The maximum absolute atomic E-state index is 11.6. The van der Waals surface area contributed by atoms with Crippen molar-refractivity contribution in [1.29, 1.82) is 0 Å². The second kappa shape index (κ2) is 7.31. The first-order valence-electron chi connectivity index (χ1n) is 7.32. The fourth-order valence-electron chi connectivity index (χ4n) is 2.65. The van der Waals surface area contributed by atoms with E-state index in [-0.39, 0.29) is 18.5 Å². The van der Waals surface area contributed by atoms with Crippen LogP contribution in [0.25, 0.3) is 0 Å². The highest BCUT2D eigenvalue weighted by atomic mass is 32.2. The van der Waals surface area contributed by atoms with E-state index in [9.17, 15) is 9.59 Å². The number of nitrogens with zero attached hydrogens (tertiary/aromatic N) is 1. The van der Waals surface area contributed by atoms with Crippen molar-refractivity contribution in [3.63, 3.8) is 0 Å². The van der Waals surface area contributed by atoms with Gasteiger partial charge in [-0.05, 0) is 37.9 Å². The normalized spacial score (nSPS) is 25.3. The molecule has 0 radical (unpaired) electrons. The Kier molecular flexibility index (Phi) is 5.72. The van der Waals surface area contributed by atoms with Crippen molar-refractivity contribution in [1.82, 2.24) is 10.2 Å². The van der Waals surface area contributed by atoms with Gasteiger partial charge in [0.2, 0.25) is 5.91 Å². The van der Waals surface area contributed by atoms with Crippen LogP contribution in [0.1, 0.15) is 32.1 Å². The summed E-state index contributed by atoms with van der Waals surface area (Å²) in [5.74, 6) is 0.923. The lowest BCUT2D eigenvalue weighted by Gasteiger charge is -2.42. The van der Waals surface area contributed by atoms with Gasteiger partial charge in [0.05, 0.1) is 6.54 Å².